The van der Waals surface area contributed by atoms with E-state index in [1.165, 1.54) is 0 Å². The Bertz CT molecular complexity index is 1740. The highest BCUT2D eigenvalue weighted by atomic mass is 31.2. The van der Waals surface area contributed by atoms with E-state index in [4.69, 9.17) is 9.15 Å². The van der Waals surface area contributed by atoms with Crippen LogP contribution >= 0.6 is 7.14 Å². The van der Waals surface area contributed by atoms with Crippen molar-refractivity contribution in [2.75, 3.05) is 37.4 Å². The summed E-state index contributed by atoms with van der Waals surface area (Å²) in [5, 5.41) is 4.37. The average Bonchev–Trinajstić information content (AvgIpc) is 3.42. The zero-order valence-corrected chi connectivity index (χ0v) is 24.5. The third-order valence-electron chi connectivity index (χ3n) is 7.50. The fourth-order valence-corrected chi connectivity index (χ4v) is 6.73. The third kappa shape index (κ3) is 6.50. The molecular formula is C32H34N5O3P. The maximum Gasteiger partial charge on any atom is 0.141 e. The van der Waals surface area contributed by atoms with Crippen molar-refractivity contribution in [2.45, 2.75) is 27.0 Å². The number of benzene rings is 2. The van der Waals surface area contributed by atoms with Crippen molar-refractivity contribution in [1.29, 1.82) is 0 Å². The second-order valence-corrected chi connectivity index (χ2v) is 14.4. The summed E-state index contributed by atoms with van der Waals surface area (Å²) in [6, 6.07) is 22.1. The first kappa shape index (κ1) is 27.2. The Morgan fingerprint density at radius 3 is 2.66 bits per heavy atom. The lowest BCUT2D eigenvalue weighted by Crippen LogP contribution is -2.33. The number of ether oxygens (including phenoxy) is 1. The number of aromatic nitrogens is 3. The zero-order valence-electron chi connectivity index (χ0n) is 23.6. The van der Waals surface area contributed by atoms with Crippen molar-refractivity contribution in [3.8, 4) is 17.1 Å². The summed E-state index contributed by atoms with van der Waals surface area (Å²) in [5.41, 5.74) is 5.61. The fourth-order valence-electron chi connectivity index (χ4n) is 5.09. The van der Waals surface area contributed by atoms with Gasteiger partial charge in [0.15, 0.2) is 0 Å². The molecule has 41 heavy (non-hydrogen) atoms. The smallest absolute Gasteiger partial charge is 0.141 e. The van der Waals surface area contributed by atoms with E-state index in [1.54, 1.807) is 6.33 Å². The second-order valence-electron chi connectivity index (χ2n) is 10.9. The minimum Gasteiger partial charge on any atom is -0.487 e. The third-order valence-corrected chi connectivity index (χ3v) is 9.79. The van der Waals surface area contributed by atoms with Gasteiger partial charge < -0.3 is 19.0 Å². The van der Waals surface area contributed by atoms with E-state index in [9.17, 15) is 4.57 Å². The number of fused-ring (bicyclic) bond motifs is 1. The van der Waals surface area contributed by atoms with E-state index in [0.29, 0.717) is 6.61 Å². The van der Waals surface area contributed by atoms with Gasteiger partial charge in [-0.2, -0.15) is 0 Å². The molecule has 0 saturated carbocycles. The number of furan rings is 1. The van der Waals surface area contributed by atoms with Crippen LogP contribution in [-0.4, -0.2) is 51.9 Å². The molecule has 8 nitrogen and oxygen atoms in total. The molecular weight excluding hydrogens is 533 g/mol. The van der Waals surface area contributed by atoms with Crippen LogP contribution in [0.3, 0.4) is 0 Å². The summed E-state index contributed by atoms with van der Waals surface area (Å²) in [6.45, 7) is 8.76. The maximum atomic E-state index is 12.3. The molecule has 210 valence electrons. The lowest BCUT2D eigenvalue weighted by Gasteiger charge is -2.29. The standard InChI is InChI=1S/C32H34N5O3P/c1-22-17-25(8-11-30(22)39-20-26-6-4-5-23(2)35-26)36-32-28-18-24(7-10-29(28)33-21-34-32)31-12-9-27(40-31)19-37-13-15-41(3,38)16-14-37/h4-12,17-18,21H,13-16,19-20H2,1-3H3,(H,33,34,36). The minimum absolute atomic E-state index is 0.419. The molecule has 0 atom stereocenters. The molecule has 1 aliphatic rings. The molecule has 3 aromatic heterocycles. The quantitative estimate of drug-likeness (QED) is 0.200. The summed E-state index contributed by atoms with van der Waals surface area (Å²) < 4.78 is 24.6. The summed E-state index contributed by atoms with van der Waals surface area (Å²) in [6.07, 6.45) is 3.13. The van der Waals surface area contributed by atoms with E-state index < -0.39 is 7.14 Å². The predicted molar refractivity (Wildman–Crippen MR) is 164 cm³/mol. The number of hydrogen-bond donors (Lipinski definition) is 1. The molecule has 1 fully saturated rings. The van der Waals surface area contributed by atoms with Crippen molar-refractivity contribution >= 4 is 29.6 Å². The van der Waals surface area contributed by atoms with Gasteiger partial charge in [-0.1, -0.05) is 6.07 Å². The summed E-state index contributed by atoms with van der Waals surface area (Å²) in [5.74, 6) is 3.25. The Morgan fingerprint density at radius 1 is 1.00 bits per heavy atom. The molecule has 0 spiro atoms. The molecule has 0 aliphatic carbocycles. The van der Waals surface area contributed by atoms with E-state index >= 15 is 0 Å². The lowest BCUT2D eigenvalue weighted by molar-refractivity contribution is 0.263. The largest absolute Gasteiger partial charge is 0.487 e. The highest BCUT2D eigenvalue weighted by Gasteiger charge is 2.24. The summed E-state index contributed by atoms with van der Waals surface area (Å²) in [7, 11) is -1.95. The van der Waals surface area contributed by atoms with Crippen LogP contribution in [0.1, 0.15) is 22.7 Å². The lowest BCUT2D eigenvalue weighted by atomic mass is 10.1. The molecule has 1 aliphatic heterocycles. The molecule has 0 unspecified atom stereocenters. The zero-order chi connectivity index (χ0) is 28.4. The number of hydrogen-bond acceptors (Lipinski definition) is 8. The second kappa shape index (κ2) is 11.5. The van der Waals surface area contributed by atoms with Gasteiger partial charge in [0, 0.05) is 47.7 Å². The summed E-state index contributed by atoms with van der Waals surface area (Å²) >= 11 is 0. The molecule has 1 saturated heterocycles. The number of anilines is 2. The molecule has 5 aromatic rings. The molecule has 0 bridgehead atoms. The van der Waals surface area contributed by atoms with Crippen LogP contribution in [0, 0.1) is 13.8 Å². The molecule has 2 aromatic carbocycles. The SMILES string of the molecule is Cc1cccc(COc2ccc(Nc3ncnc4ccc(-c5ccc(CN6CCP(C)(=O)CC6)o5)cc34)cc2C)n1. The van der Waals surface area contributed by atoms with E-state index in [2.05, 4.69) is 31.2 Å². The van der Waals surface area contributed by atoms with Gasteiger partial charge in [-0.05, 0) is 86.7 Å². The first-order chi connectivity index (χ1) is 19.8. The number of nitrogens with one attached hydrogen (secondary N) is 1. The van der Waals surface area contributed by atoms with Crippen LogP contribution in [-0.2, 0) is 17.7 Å². The Balaban J connectivity index is 1.17. The van der Waals surface area contributed by atoms with Crippen molar-refractivity contribution in [3.63, 3.8) is 0 Å². The normalized spacial score (nSPS) is 15.2. The van der Waals surface area contributed by atoms with Gasteiger partial charge in [-0.3, -0.25) is 9.88 Å². The van der Waals surface area contributed by atoms with Crippen LogP contribution < -0.4 is 10.1 Å². The minimum atomic E-state index is -1.95. The number of pyridine rings is 1. The first-order valence-corrected chi connectivity index (χ1v) is 16.4. The van der Waals surface area contributed by atoms with Crippen LogP contribution in [0.5, 0.6) is 5.75 Å². The van der Waals surface area contributed by atoms with Crippen molar-refractivity contribution in [3.05, 3.63) is 95.8 Å². The number of aryl methyl sites for hydroxylation is 2. The number of rotatable bonds is 8. The van der Waals surface area contributed by atoms with Gasteiger partial charge in [0.05, 0.1) is 24.9 Å². The topological polar surface area (TPSA) is 93.4 Å². The average molecular weight is 568 g/mol. The van der Waals surface area contributed by atoms with Crippen molar-refractivity contribution < 1.29 is 13.7 Å². The molecule has 0 amide bonds. The van der Waals surface area contributed by atoms with E-state index in [1.807, 2.05) is 81.2 Å². The Morgan fingerprint density at radius 2 is 1.85 bits per heavy atom. The van der Waals surface area contributed by atoms with Gasteiger partial charge in [-0.25, -0.2) is 9.97 Å². The van der Waals surface area contributed by atoms with Crippen LogP contribution in [0.2, 0.25) is 0 Å². The molecule has 9 heteroatoms. The van der Waals surface area contributed by atoms with Gasteiger partial charge >= 0.3 is 0 Å². The first-order valence-electron chi connectivity index (χ1n) is 13.9. The van der Waals surface area contributed by atoms with E-state index in [-0.39, 0.29) is 0 Å². The molecule has 1 N–H and O–H groups in total. The van der Waals surface area contributed by atoms with Gasteiger partial charge in [0.25, 0.3) is 0 Å². The van der Waals surface area contributed by atoms with Crippen LogP contribution in [0.15, 0.2) is 77.5 Å². The van der Waals surface area contributed by atoms with Gasteiger partial charge in [0.1, 0.15) is 36.0 Å². The highest BCUT2D eigenvalue weighted by Crippen LogP contribution is 2.43. The fraction of sp³-hybridized carbons (Fsp3) is 0.281. The predicted octanol–water partition coefficient (Wildman–Crippen LogP) is 7.03. The van der Waals surface area contributed by atoms with Crippen LogP contribution in [0.25, 0.3) is 22.2 Å². The Hall–Kier alpha value is -4.00. The van der Waals surface area contributed by atoms with Crippen molar-refractivity contribution in [1.82, 2.24) is 19.9 Å². The number of nitrogens with zero attached hydrogens (tertiary/aromatic N) is 4. The Kier molecular flexibility index (Phi) is 7.61. The molecule has 6 rings (SSSR count). The van der Waals surface area contributed by atoms with Gasteiger partial charge in [0.2, 0.25) is 0 Å². The summed E-state index contributed by atoms with van der Waals surface area (Å²) in [4.78, 5) is 15.8. The maximum absolute atomic E-state index is 12.3. The molecule has 0 radical (unpaired) electrons. The monoisotopic (exact) mass is 567 g/mol. The van der Waals surface area contributed by atoms with Gasteiger partial charge in [-0.15, -0.1) is 0 Å². The molecule has 4 heterocycles. The Labute approximate surface area is 240 Å². The van der Waals surface area contributed by atoms with Crippen LogP contribution in [0.4, 0.5) is 11.5 Å². The van der Waals surface area contributed by atoms with E-state index in [0.717, 1.165) is 94.2 Å². The van der Waals surface area contributed by atoms with Crippen molar-refractivity contribution in [2.24, 2.45) is 0 Å². The highest BCUT2D eigenvalue weighted by molar-refractivity contribution is 7.63.